The molecule has 1 saturated heterocycles. The third-order valence-corrected chi connectivity index (χ3v) is 3.67. The van der Waals surface area contributed by atoms with E-state index in [4.69, 9.17) is 5.26 Å². The highest BCUT2D eigenvalue weighted by Crippen LogP contribution is 2.25. The van der Waals surface area contributed by atoms with E-state index in [0.29, 0.717) is 5.56 Å². The van der Waals surface area contributed by atoms with Crippen LogP contribution < -0.4 is 5.32 Å². The van der Waals surface area contributed by atoms with E-state index in [1.54, 1.807) is 37.3 Å². The summed E-state index contributed by atoms with van der Waals surface area (Å²) in [4.78, 5) is 25.4. The van der Waals surface area contributed by atoms with Crippen LogP contribution in [0.2, 0.25) is 0 Å². The van der Waals surface area contributed by atoms with E-state index in [9.17, 15) is 14.0 Å². The molecule has 2 rings (SSSR count). The SMILES string of the molecule is C[C@H](CC(=O)N1CC[C@@](F)(C#N)C1)NC(=O)c1ccccc1. The fourth-order valence-corrected chi connectivity index (χ4v) is 2.42. The Labute approximate surface area is 128 Å². The standard InChI is InChI=1S/C16H18FN3O2/c1-12(19-15(22)13-5-3-2-4-6-13)9-14(21)20-8-7-16(17,10-18)11-20/h2-6,12H,7-9,11H2,1H3,(H,19,22)/t12-,16-/m1/s1. The van der Waals surface area contributed by atoms with Gasteiger partial charge in [-0.15, -0.1) is 0 Å². The maximum Gasteiger partial charge on any atom is 0.251 e. The Morgan fingerprint density at radius 3 is 2.73 bits per heavy atom. The molecule has 116 valence electrons. The van der Waals surface area contributed by atoms with E-state index in [1.165, 1.54) is 4.90 Å². The summed E-state index contributed by atoms with van der Waals surface area (Å²) in [6, 6.07) is 9.95. The molecule has 1 aliphatic heterocycles. The van der Waals surface area contributed by atoms with Crippen molar-refractivity contribution in [2.75, 3.05) is 13.1 Å². The van der Waals surface area contributed by atoms with Crippen LogP contribution in [0.5, 0.6) is 0 Å². The molecule has 0 aliphatic carbocycles. The first-order chi connectivity index (χ1) is 10.4. The van der Waals surface area contributed by atoms with E-state index in [-0.39, 0.29) is 43.8 Å². The summed E-state index contributed by atoms with van der Waals surface area (Å²) in [5, 5.41) is 11.5. The number of rotatable bonds is 4. The largest absolute Gasteiger partial charge is 0.349 e. The number of nitrogens with one attached hydrogen (secondary N) is 1. The molecule has 1 N–H and O–H groups in total. The first kappa shape index (κ1) is 16.0. The summed E-state index contributed by atoms with van der Waals surface area (Å²) in [6.45, 7) is 1.77. The fourth-order valence-electron chi connectivity index (χ4n) is 2.42. The Morgan fingerprint density at radius 1 is 1.45 bits per heavy atom. The van der Waals surface area contributed by atoms with Gasteiger partial charge in [-0.3, -0.25) is 9.59 Å². The smallest absolute Gasteiger partial charge is 0.251 e. The summed E-state index contributed by atoms with van der Waals surface area (Å²) < 4.78 is 13.8. The quantitative estimate of drug-likeness (QED) is 0.919. The summed E-state index contributed by atoms with van der Waals surface area (Å²) in [6.07, 6.45) is 0.125. The highest BCUT2D eigenvalue weighted by Gasteiger charge is 2.40. The molecule has 2 amide bonds. The maximum absolute atomic E-state index is 13.8. The van der Waals surface area contributed by atoms with Crippen LogP contribution in [0.4, 0.5) is 4.39 Å². The highest BCUT2D eigenvalue weighted by atomic mass is 19.1. The number of nitrogens with zero attached hydrogens (tertiary/aromatic N) is 2. The molecule has 1 fully saturated rings. The molecule has 0 spiro atoms. The second-order valence-electron chi connectivity index (χ2n) is 5.59. The van der Waals surface area contributed by atoms with E-state index < -0.39 is 5.67 Å². The van der Waals surface area contributed by atoms with Crippen LogP contribution in [0, 0.1) is 11.3 Å². The number of halogens is 1. The van der Waals surface area contributed by atoms with Gasteiger partial charge in [-0.05, 0) is 19.1 Å². The zero-order valence-corrected chi connectivity index (χ0v) is 12.4. The molecule has 2 atom stereocenters. The van der Waals surface area contributed by atoms with Crippen molar-refractivity contribution in [2.45, 2.75) is 31.5 Å². The summed E-state index contributed by atoms with van der Waals surface area (Å²) in [5.41, 5.74) is -1.41. The molecule has 1 heterocycles. The molecule has 1 aromatic rings. The Morgan fingerprint density at radius 2 is 2.14 bits per heavy atom. The van der Waals surface area contributed by atoms with E-state index in [2.05, 4.69) is 5.32 Å². The molecule has 0 unspecified atom stereocenters. The summed E-state index contributed by atoms with van der Waals surface area (Å²) >= 11 is 0. The van der Waals surface area contributed by atoms with Gasteiger partial charge >= 0.3 is 0 Å². The van der Waals surface area contributed by atoms with Crippen LogP contribution in [0.15, 0.2) is 30.3 Å². The normalized spacial score (nSPS) is 22.0. The average molecular weight is 303 g/mol. The van der Waals surface area contributed by atoms with Gasteiger partial charge in [0.05, 0.1) is 6.54 Å². The second kappa shape index (κ2) is 6.56. The van der Waals surface area contributed by atoms with Gasteiger partial charge in [0, 0.05) is 31.0 Å². The molecule has 22 heavy (non-hydrogen) atoms. The number of alkyl halides is 1. The number of carbonyl (C=O) groups is 2. The van der Waals surface area contributed by atoms with Crippen molar-refractivity contribution in [1.82, 2.24) is 10.2 Å². The molecule has 0 radical (unpaired) electrons. The van der Waals surface area contributed by atoms with Crippen LogP contribution >= 0.6 is 0 Å². The predicted octanol–water partition coefficient (Wildman–Crippen LogP) is 1.66. The molecule has 0 aromatic heterocycles. The monoisotopic (exact) mass is 303 g/mol. The van der Waals surface area contributed by atoms with Crippen molar-refractivity contribution in [3.63, 3.8) is 0 Å². The van der Waals surface area contributed by atoms with Gasteiger partial charge in [-0.25, -0.2) is 4.39 Å². The van der Waals surface area contributed by atoms with E-state index in [1.807, 2.05) is 6.07 Å². The molecular weight excluding hydrogens is 285 g/mol. The Hall–Kier alpha value is -2.42. The first-order valence-corrected chi connectivity index (χ1v) is 7.17. The summed E-state index contributed by atoms with van der Waals surface area (Å²) in [5.74, 6) is -0.505. The van der Waals surface area contributed by atoms with Gasteiger partial charge in [0.2, 0.25) is 11.6 Å². The number of hydrogen-bond acceptors (Lipinski definition) is 3. The zero-order chi connectivity index (χ0) is 16.2. The summed E-state index contributed by atoms with van der Waals surface area (Å²) in [7, 11) is 0. The van der Waals surface area contributed by atoms with Crippen LogP contribution in [0.3, 0.4) is 0 Å². The minimum absolute atomic E-state index is 0.0417. The number of nitriles is 1. The van der Waals surface area contributed by atoms with Gasteiger partial charge in [0.25, 0.3) is 5.91 Å². The van der Waals surface area contributed by atoms with E-state index in [0.717, 1.165) is 0 Å². The number of benzene rings is 1. The lowest BCUT2D eigenvalue weighted by molar-refractivity contribution is -0.130. The predicted molar refractivity (Wildman–Crippen MR) is 78.6 cm³/mol. The number of amides is 2. The molecule has 0 saturated carbocycles. The van der Waals surface area contributed by atoms with Crippen molar-refractivity contribution < 1.29 is 14.0 Å². The van der Waals surface area contributed by atoms with Crippen LogP contribution in [0.25, 0.3) is 0 Å². The van der Waals surface area contributed by atoms with Crippen molar-refractivity contribution in [3.8, 4) is 6.07 Å². The van der Waals surface area contributed by atoms with Crippen molar-refractivity contribution in [3.05, 3.63) is 35.9 Å². The Balaban J connectivity index is 1.85. The topological polar surface area (TPSA) is 73.2 Å². The average Bonchev–Trinajstić information content (AvgIpc) is 2.91. The van der Waals surface area contributed by atoms with Crippen molar-refractivity contribution in [1.29, 1.82) is 5.26 Å². The number of likely N-dealkylation sites (tertiary alicyclic amines) is 1. The van der Waals surface area contributed by atoms with Crippen LogP contribution in [-0.4, -0.2) is 41.5 Å². The lowest BCUT2D eigenvalue weighted by atomic mass is 10.1. The maximum atomic E-state index is 13.8. The molecule has 1 aromatic carbocycles. The van der Waals surface area contributed by atoms with Crippen molar-refractivity contribution in [2.24, 2.45) is 0 Å². The third-order valence-electron chi connectivity index (χ3n) is 3.67. The van der Waals surface area contributed by atoms with Crippen molar-refractivity contribution >= 4 is 11.8 Å². The minimum atomic E-state index is -1.94. The first-order valence-electron chi connectivity index (χ1n) is 7.17. The van der Waals surface area contributed by atoms with Gasteiger partial charge in [0.1, 0.15) is 6.07 Å². The fraction of sp³-hybridized carbons (Fsp3) is 0.438. The highest BCUT2D eigenvalue weighted by molar-refractivity contribution is 5.94. The Bertz CT molecular complexity index is 599. The molecule has 0 bridgehead atoms. The van der Waals surface area contributed by atoms with Gasteiger partial charge < -0.3 is 10.2 Å². The third kappa shape index (κ3) is 3.82. The van der Waals surface area contributed by atoms with Gasteiger partial charge in [-0.1, -0.05) is 18.2 Å². The molecule has 6 heteroatoms. The minimum Gasteiger partial charge on any atom is -0.349 e. The number of carbonyl (C=O) groups excluding carboxylic acids is 2. The lowest BCUT2D eigenvalue weighted by Gasteiger charge is -2.20. The second-order valence-corrected chi connectivity index (χ2v) is 5.59. The van der Waals surface area contributed by atoms with Crippen LogP contribution in [-0.2, 0) is 4.79 Å². The molecule has 1 aliphatic rings. The lowest BCUT2D eigenvalue weighted by Crippen LogP contribution is -2.39. The molecule has 5 nitrogen and oxygen atoms in total. The van der Waals surface area contributed by atoms with E-state index >= 15 is 0 Å². The number of hydrogen-bond donors (Lipinski definition) is 1. The van der Waals surface area contributed by atoms with Gasteiger partial charge in [-0.2, -0.15) is 5.26 Å². The Kier molecular flexibility index (Phi) is 4.76. The zero-order valence-electron chi connectivity index (χ0n) is 12.4. The molecular formula is C16H18FN3O2. The van der Waals surface area contributed by atoms with Crippen LogP contribution in [0.1, 0.15) is 30.1 Å². The van der Waals surface area contributed by atoms with Gasteiger partial charge in [0.15, 0.2) is 0 Å².